The highest BCUT2D eigenvalue weighted by atomic mass is 32.2. The van der Waals surface area contributed by atoms with Crippen LogP contribution in [-0.2, 0) is 20.0 Å². The lowest BCUT2D eigenvalue weighted by Crippen LogP contribution is -2.30. The van der Waals surface area contributed by atoms with Crippen LogP contribution in [0.15, 0.2) is 118 Å². The van der Waals surface area contributed by atoms with E-state index in [0.29, 0.717) is 22.6 Å². The summed E-state index contributed by atoms with van der Waals surface area (Å²) in [5, 5.41) is 2.73. The van der Waals surface area contributed by atoms with Crippen LogP contribution in [0.3, 0.4) is 0 Å². The van der Waals surface area contributed by atoms with Crippen molar-refractivity contribution in [1.82, 2.24) is 0 Å². The molecule has 11 heteroatoms. The Bertz CT molecular complexity index is 1640. The van der Waals surface area contributed by atoms with Crippen molar-refractivity contribution in [2.24, 2.45) is 0 Å². The van der Waals surface area contributed by atoms with Crippen molar-refractivity contribution in [3.63, 3.8) is 0 Å². The number of para-hydroxylation sites is 1. The van der Waals surface area contributed by atoms with Crippen LogP contribution in [0, 0.1) is 0 Å². The first-order valence-corrected chi connectivity index (χ1v) is 16.0. The molecule has 0 bridgehead atoms. The van der Waals surface area contributed by atoms with Crippen molar-refractivity contribution in [3.8, 4) is 0 Å². The van der Waals surface area contributed by atoms with Crippen molar-refractivity contribution in [2.45, 2.75) is 21.6 Å². The number of nitrogens with one attached hydrogen (secondary N) is 2. The summed E-state index contributed by atoms with van der Waals surface area (Å²) in [6.07, 6.45) is 1.92. The molecule has 0 aliphatic rings. The quantitative estimate of drug-likeness (QED) is 0.233. The fraction of sp³-hybridized carbons (Fsp3) is 0.107. The first kappa shape index (κ1) is 28.2. The maximum Gasteiger partial charge on any atom is 0.264 e. The van der Waals surface area contributed by atoms with Crippen LogP contribution in [0.5, 0.6) is 0 Å². The second-order valence-electron chi connectivity index (χ2n) is 8.34. The molecule has 4 rings (SSSR count). The third-order valence-electron chi connectivity index (χ3n) is 5.80. The van der Waals surface area contributed by atoms with E-state index >= 15 is 0 Å². The summed E-state index contributed by atoms with van der Waals surface area (Å²) in [6.45, 7) is 1.96. The fourth-order valence-corrected chi connectivity index (χ4v) is 6.73. The van der Waals surface area contributed by atoms with Gasteiger partial charge in [-0.1, -0.05) is 18.2 Å². The Hall–Kier alpha value is -3.80. The molecule has 0 aliphatic heterocycles. The second-order valence-corrected chi connectivity index (χ2v) is 12.8. The molecule has 0 unspecified atom stereocenters. The predicted molar refractivity (Wildman–Crippen MR) is 157 cm³/mol. The number of nitrogens with zero attached hydrogens (tertiary/aromatic N) is 1. The van der Waals surface area contributed by atoms with Gasteiger partial charge in [0.25, 0.3) is 26.0 Å². The van der Waals surface area contributed by atoms with E-state index < -0.39 is 26.0 Å². The number of hydrogen-bond donors (Lipinski definition) is 2. The molecule has 4 aromatic carbocycles. The van der Waals surface area contributed by atoms with E-state index in [1.807, 2.05) is 6.26 Å². The van der Waals surface area contributed by atoms with Gasteiger partial charge in [-0.2, -0.15) is 0 Å². The van der Waals surface area contributed by atoms with E-state index in [-0.39, 0.29) is 16.3 Å². The first-order chi connectivity index (χ1) is 18.6. The van der Waals surface area contributed by atoms with Gasteiger partial charge in [-0.25, -0.2) is 16.8 Å². The maximum atomic E-state index is 13.2. The molecule has 0 atom stereocenters. The number of sulfonamides is 2. The summed E-state index contributed by atoms with van der Waals surface area (Å²) in [4.78, 5) is 14.0. The first-order valence-electron chi connectivity index (χ1n) is 11.9. The highest BCUT2D eigenvalue weighted by Gasteiger charge is 2.24. The van der Waals surface area contributed by atoms with Crippen molar-refractivity contribution >= 4 is 54.8 Å². The Morgan fingerprint density at radius 3 is 1.90 bits per heavy atom. The van der Waals surface area contributed by atoms with E-state index in [0.717, 1.165) is 4.90 Å². The Labute approximate surface area is 233 Å². The van der Waals surface area contributed by atoms with Crippen molar-refractivity contribution < 1.29 is 21.6 Å². The summed E-state index contributed by atoms with van der Waals surface area (Å²) < 4.78 is 55.4. The average Bonchev–Trinajstić information content (AvgIpc) is 2.94. The molecule has 2 N–H and O–H groups in total. The standard InChI is InChI=1S/C28H27N3O5S3/c1-3-31(39(35,36)27-19-15-25(37-2)16-20-27)24-13-9-21(10-14-24)28(32)29-22-11-17-26(18-12-22)38(33,34)30-23-7-5-4-6-8-23/h4-20,30H,3H2,1-2H3,(H,29,32). The second kappa shape index (κ2) is 11.9. The molecule has 0 saturated carbocycles. The number of thioether (sulfide) groups is 1. The molecule has 0 heterocycles. The predicted octanol–water partition coefficient (Wildman–Crippen LogP) is 5.68. The highest BCUT2D eigenvalue weighted by molar-refractivity contribution is 7.98. The van der Waals surface area contributed by atoms with Gasteiger partial charge in [-0.05, 0) is 98.1 Å². The minimum atomic E-state index is -3.78. The summed E-state index contributed by atoms with van der Waals surface area (Å²) >= 11 is 1.53. The number of carbonyl (C=O) groups excluding carboxylic acids is 1. The third kappa shape index (κ3) is 6.62. The maximum absolute atomic E-state index is 13.2. The van der Waals surface area contributed by atoms with Crippen LogP contribution in [0.4, 0.5) is 17.1 Å². The Morgan fingerprint density at radius 2 is 1.33 bits per heavy atom. The van der Waals surface area contributed by atoms with Gasteiger partial charge < -0.3 is 5.32 Å². The van der Waals surface area contributed by atoms with E-state index in [4.69, 9.17) is 0 Å². The lowest BCUT2D eigenvalue weighted by atomic mass is 10.2. The molecule has 8 nitrogen and oxygen atoms in total. The number of carbonyl (C=O) groups is 1. The van der Waals surface area contributed by atoms with Gasteiger partial charge in [0.2, 0.25) is 0 Å². The fourth-order valence-electron chi connectivity index (χ4n) is 3.79. The van der Waals surface area contributed by atoms with Crippen molar-refractivity contribution in [1.29, 1.82) is 0 Å². The molecule has 39 heavy (non-hydrogen) atoms. The lowest BCUT2D eigenvalue weighted by molar-refractivity contribution is 0.102. The lowest BCUT2D eigenvalue weighted by Gasteiger charge is -2.23. The largest absolute Gasteiger partial charge is 0.322 e. The van der Waals surface area contributed by atoms with Gasteiger partial charge in [0.15, 0.2) is 0 Å². The van der Waals surface area contributed by atoms with Crippen LogP contribution >= 0.6 is 11.8 Å². The Kier molecular flexibility index (Phi) is 8.63. The van der Waals surface area contributed by atoms with Crippen LogP contribution in [-0.4, -0.2) is 35.5 Å². The zero-order valence-electron chi connectivity index (χ0n) is 21.2. The summed E-state index contributed by atoms with van der Waals surface area (Å²) in [6, 6.07) is 27.3. The minimum Gasteiger partial charge on any atom is -0.322 e. The number of hydrogen-bond acceptors (Lipinski definition) is 6. The van der Waals surface area contributed by atoms with Gasteiger partial charge in [-0.15, -0.1) is 11.8 Å². The van der Waals surface area contributed by atoms with Crippen LogP contribution in [0.1, 0.15) is 17.3 Å². The zero-order valence-corrected chi connectivity index (χ0v) is 23.7. The monoisotopic (exact) mass is 581 g/mol. The average molecular weight is 582 g/mol. The Balaban J connectivity index is 1.45. The topological polar surface area (TPSA) is 113 Å². The summed E-state index contributed by atoms with van der Waals surface area (Å²) in [5.41, 5.74) is 1.61. The minimum absolute atomic E-state index is 0.0534. The third-order valence-corrected chi connectivity index (χ3v) is 9.86. The summed E-state index contributed by atoms with van der Waals surface area (Å²) in [5.74, 6) is -0.418. The molecule has 0 saturated heterocycles. The molecule has 1 amide bonds. The molecule has 0 radical (unpaired) electrons. The van der Waals surface area contributed by atoms with Crippen molar-refractivity contribution in [3.05, 3.63) is 109 Å². The highest BCUT2D eigenvalue weighted by Crippen LogP contribution is 2.26. The van der Waals surface area contributed by atoms with Gasteiger partial charge in [0.1, 0.15) is 0 Å². The van der Waals surface area contributed by atoms with Gasteiger partial charge in [0.05, 0.1) is 15.5 Å². The van der Waals surface area contributed by atoms with E-state index in [1.165, 1.54) is 40.3 Å². The van der Waals surface area contributed by atoms with Crippen LogP contribution in [0.2, 0.25) is 0 Å². The van der Waals surface area contributed by atoms with Crippen LogP contribution in [0.25, 0.3) is 0 Å². The molecule has 202 valence electrons. The summed E-state index contributed by atoms with van der Waals surface area (Å²) in [7, 11) is -7.56. The van der Waals surface area contributed by atoms with Gasteiger partial charge >= 0.3 is 0 Å². The van der Waals surface area contributed by atoms with E-state index in [2.05, 4.69) is 10.0 Å². The molecular weight excluding hydrogens is 555 g/mol. The SMILES string of the molecule is CCN(c1ccc(C(=O)Nc2ccc(S(=O)(=O)Nc3ccccc3)cc2)cc1)S(=O)(=O)c1ccc(SC)cc1. The molecule has 4 aromatic rings. The smallest absolute Gasteiger partial charge is 0.264 e. The van der Waals surface area contributed by atoms with Crippen molar-refractivity contribution in [2.75, 3.05) is 27.1 Å². The number of amides is 1. The molecule has 0 fully saturated rings. The molecule has 0 aromatic heterocycles. The van der Waals surface area contributed by atoms with E-state index in [1.54, 1.807) is 85.8 Å². The number of benzene rings is 4. The number of anilines is 3. The normalized spacial score (nSPS) is 11.5. The van der Waals surface area contributed by atoms with E-state index in [9.17, 15) is 21.6 Å². The van der Waals surface area contributed by atoms with Crippen LogP contribution < -0.4 is 14.3 Å². The molecular formula is C28H27N3O5S3. The van der Waals surface area contributed by atoms with Gasteiger partial charge in [0, 0.05) is 28.4 Å². The molecule has 0 aliphatic carbocycles. The number of rotatable bonds is 10. The Morgan fingerprint density at radius 1 is 0.744 bits per heavy atom. The molecule has 0 spiro atoms. The van der Waals surface area contributed by atoms with Gasteiger partial charge in [-0.3, -0.25) is 13.8 Å². The zero-order chi connectivity index (χ0) is 28.0.